The molecule has 3 rings (SSSR count). The summed E-state index contributed by atoms with van der Waals surface area (Å²) in [6.45, 7) is 2.22. The zero-order valence-corrected chi connectivity index (χ0v) is 19.7. The van der Waals surface area contributed by atoms with E-state index < -0.39 is 0 Å². The Hall–Kier alpha value is -3.41. The number of nitrogens with zero attached hydrogens (tertiary/aromatic N) is 2. The highest BCUT2D eigenvalue weighted by molar-refractivity contribution is 5.97. The van der Waals surface area contributed by atoms with Crippen LogP contribution in [0.5, 0.6) is 0 Å². The van der Waals surface area contributed by atoms with Gasteiger partial charge in [-0.3, -0.25) is 14.6 Å². The van der Waals surface area contributed by atoms with E-state index in [1.54, 1.807) is 6.20 Å². The molecule has 0 fully saturated rings. The zero-order valence-electron chi connectivity index (χ0n) is 19.7. The summed E-state index contributed by atoms with van der Waals surface area (Å²) in [6, 6.07) is 17.9. The van der Waals surface area contributed by atoms with Gasteiger partial charge in [-0.1, -0.05) is 43.2 Å². The van der Waals surface area contributed by atoms with Crippen LogP contribution < -0.4 is 10.2 Å². The molecule has 0 saturated heterocycles. The number of benzene rings is 2. The molecule has 2 aromatic carbocycles. The SMILES string of the molecule is CCOC(=O)CCCCC[C@H](C(=O)Nc1cnc2ccccc2c1)c1ccc(N(C)C)cc1. The maximum Gasteiger partial charge on any atom is 0.305 e. The molecule has 1 heterocycles. The van der Waals surface area contributed by atoms with Gasteiger partial charge >= 0.3 is 5.97 Å². The van der Waals surface area contributed by atoms with Crippen LogP contribution in [0.25, 0.3) is 10.9 Å². The quantitative estimate of drug-likeness (QED) is 0.309. The highest BCUT2D eigenvalue weighted by Crippen LogP contribution is 2.27. The number of hydrogen-bond acceptors (Lipinski definition) is 5. The molecule has 6 nitrogen and oxygen atoms in total. The number of nitrogens with one attached hydrogen (secondary N) is 1. The molecule has 0 aliphatic carbocycles. The molecule has 0 radical (unpaired) electrons. The van der Waals surface area contributed by atoms with Crippen molar-refractivity contribution in [2.45, 2.75) is 44.9 Å². The summed E-state index contributed by atoms with van der Waals surface area (Å²) in [7, 11) is 3.99. The summed E-state index contributed by atoms with van der Waals surface area (Å²) < 4.78 is 4.99. The number of aromatic nitrogens is 1. The molecule has 1 aromatic heterocycles. The van der Waals surface area contributed by atoms with Gasteiger partial charge in [0.25, 0.3) is 0 Å². The first-order chi connectivity index (χ1) is 16.0. The number of rotatable bonds is 11. The van der Waals surface area contributed by atoms with Crippen molar-refractivity contribution in [3.05, 3.63) is 66.4 Å². The molecule has 3 aromatic rings. The standard InChI is InChI=1S/C27H33N3O3/c1-4-33-26(31)13-7-5-6-11-24(20-14-16-23(17-15-20)30(2)3)27(32)29-22-18-21-10-8-9-12-25(21)28-19-22/h8-10,12,14-19,24H,4-7,11,13H2,1-3H3,(H,29,32)/t24-/m0/s1. The van der Waals surface area contributed by atoms with E-state index in [9.17, 15) is 9.59 Å². The molecular formula is C27H33N3O3. The molecule has 0 aliphatic heterocycles. The first-order valence-electron chi connectivity index (χ1n) is 11.6. The third-order valence-electron chi connectivity index (χ3n) is 5.67. The number of amides is 1. The highest BCUT2D eigenvalue weighted by atomic mass is 16.5. The number of ether oxygens (including phenoxy) is 1. The smallest absolute Gasteiger partial charge is 0.305 e. The van der Waals surface area contributed by atoms with Crippen LogP contribution in [-0.4, -0.2) is 37.6 Å². The van der Waals surface area contributed by atoms with Gasteiger partial charge in [-0.25, -0.2) is 0 Å². The Morgan fingerprint density at radius 1 is 1.03 bits per heavy atom. The van der Waals surface area contributed by atoms with Crippen LogP contribution in [-0.2, 0) is 14.3 Å². The summed E-state index contributed by atoms with van der Waals surface area (Å²) >= 11 is 0. The van der Waals surface area contributed by atoms with Crippen molar-refractivity contribution >= 4 is 34.2 Å². The van der Waals surface area contributed by atoms with Crippen molar-refractivity contribution < 1.29 is 14.3 Å². The zero-order chi connectivity index (χ0) is 23.6. The van der Waals surface area contributed by atoms with Gasteiger partial charge in [0.1, 0.15) is 0 Å². The van der Waals surface area contributed by atoms with Crippen LogP contribution in [0.1, 0.15) is 50.5 Å². The molecule has 6 heteroatoms. The van der Waals surface area contributed by atoms with Gasteiger partial charge in [0.15, 0.2) is 0 Å². The molecule has 0 aliphatic rings. The van der Waals surface area contributed by atoms with E-state index in [-0.39, 0.29) is 17.8 Å². The number of fused-ring (bicyclic) bond motifs is 1. The predicted octanol–water partition coefficient (Wildman–Crippen LogP) is 5.54. The van der Waals surface area contributed by atoms with E-state index in [4.69, 9.17) is 4.74 Å². The number of carbonyl (C=O) groups excluding carboxylic acids is 2. The minimum atomic E-state index is -0.282. The summed E-state index contributed by atoms with van der Waals surface area (Å²) in [5, 5.41) is 4.05. The van der Waals surface area contributed by atoms with E-state index in [1.165, 1.54) is 0 Å². The second-order valence-electron chi connectivity index (χ2n) is 8.35. The van der Waals surface area contributed by atoms with Gasteiger partial charge in [-0.2, -0.15) is 0 Å². The van der Waals surface area contributed by atoms with Crippen LogP contribution >= 0.6 is 0 Å². The van der Waals surface area contributed by atoms with Gasteiger partial charge < -0.3 is 15.0 Å². The normalized spacial score (nSPS) is 11.7. The predicted molar refractivity (Wildman–Crippen MR) is 134 cm³/mol. The monoisotopic (exact) mass is 447 g/mol. The molecule has 1 amide bonds. The van der Waals surface area contributed by atoms with Crippen LogP contribution in [0, 0.1) is 0 Å². The summed E-state index contributed by atoms with van der Waals surface area (Å²) in [6.07, 6.45) is 5.31. The molecule has 0 bridgehead atoms. The van der Waals surface area contributed by atoms with E-state index in [0.717, 1.165) is 41.4 Å². The topological polar surface area (TPSA) is 71.5 Å². The highest BCUT2D eigenvalue weighted by Gasteiger charge is 2.21. The summed E-state index contributed by atoms with van der Waals surface area (Å²) in [5.74, 6) is -0.486. The Labute approximate surface area is 196 Å². The number of anilines is 2. The van der Waals surface area contributed by atoms with Gasteiger partial charge in [-0.15, -0.1) is 0 Å². The number of carbonyl (C=O) groups is 2. The lowest BCUT2D eigenvalue weighted by molar-refractivity contribution is -0.143. The average molecular weight is 448 g/mol. The Morgan fingerprint density at radius 2 is 1.79 bits per heavy atom. The van der Waals surface area contributed by atoms with Crippen molar-refractivity contribution in [3.8, 4) is 0 Å². The Morgan fingerprint density at radius 3 is 2.52 bits per heavy atom. The molecule has 0 spiro atoms. The van der Waals surface area contributed by atoms with Crippen molar-refractivity contribution in [3.63, 3.8) is 0 Å². The number of esters is 1. The number of hydrogen-bond donors (Lipinski definition) is 1. The van der Waals surface area contributed by atoms with Gasteiger partial charge in [0.05, 0.1) is 29.9 Å². The first-order valence-corrected chi connectivity index (χ1v) is 11.6. The second kappa shape index (κ2) is 12.0. The fourth-order valence-corrected chi connectivity index (χ4v) is 3.85. The molecule has 0 unspecified atom stereocenters. The summed E-state index contributed by atoms with van der Waals surface area (Å²) in [4.78, 5) is 31.3. The van der Waals surface area contributed by atoms with Crippen molar-refractivity contribution in [1.82, 2.24) is 4.98 Å². The van der Waals surface area contributed by atoms with E-state index in [2.05, 4.69) is 10.3 Å². The minimum Gasteiger partial charge on any atom is -0.466 e. The third kappa shape index (κ3) is 7.04. The molecule has 1 N–H and O–H groups in total. The van der Waals surface area contributed by atoms with Gasteiger partial charge in [0.2, 0.25) is 5.91 Å². The fraction of sp³-hybridized carbons (Fsp3) is 0.370. The fourth-order valence-electron chi connectivity index (χ4n) is 3.85. The van der Waals surface area contributed by atoms with Crippen LogP contribution in [0.4, 0.5) is 11.4 Å². The van der Waals surface area contributed by atoms with Crippen molar-refractivity contribution in [1.29, 1.82) is 0 Å². The molecule has 33 heavy (non-hydrogen) atoms. The van der Waals surface area contributed by atoms with Crippen LogP contribution in [0.3, 0.4) is 0 Å². The lowest BCUT2D eigenvalue weighted by Gasteiger charge is -2.19. The minimum absolute atomic E-state index is 0.0462. The van der Waals surface area contributed by atoms with Crippen molar-refractivity contribution in [2.75, 3.05) is 30.9 Å². The largest absolute Gasteiger partial charge is 0.466 e. The Balaban J connectivity index is 1.69. The lowest BCUT2D eigenvalue weighted by Crippen LogP contribution is -2.21. The second-order valence-corrected chi connectivity index (χ2v) is 8.35. The number of para-hydroxylation sites is 1. The summed E-state index contributed by atoms with van der Waals surface area (Å²) in [5.41, 5.74) is 3.66. The van der Waals surface area contributed by atoms with E-state index >= 15 is 0 Å². The number of unbranched alkanes of at least 4 members (excludes halogenated alkanes) is 2. The van der Waals surface area contributed by atoms with E-state index in [0.29, 0.717) is 25.1 Å². The van der Waals surface area contributed by atoms with E-state index in [1.807, 2.05) is 80.5 Å². The van der Waals surface area contributed by atoms with Gasteiger partial charge in [-0.05, 0) is 49.6 Å². The molecular weight excluding hydrogens is 414 g/mol. The lowest BCUT2D eigenvalue weighted by atomic mass is 9.91. The average Bonchev–Trinajstić information content (AvgIpc) is 2.81. The maximum absolute atomic E-state index is 13.3. The van der Waals surface area contributed by atoms with Gasteiger partial charge in [0, 0.05) is 31.6 Å². The van der Waals surface area contributed by atoms with Crippen LogP contribution in [0.15, 0.2) is 60.8 Å². The Bertz CT molecular complexity index is 1060. The van der Waals surface area contributed by atoms with Crippen molar-refractivity contribution in [2.24, 2.45) is 0 Å². The third-order valence-corrected chi connectivity index (χ3v) is 5.67. The number of pyridine rings is 1. The Kier molecular flexibility index (Phi) is 8.81. The maximum atomic E-state index is 13.3. The molecule has 174 valence electrons. The molecule has 0 saturated carbocycles. The first kappa shape index (κ1) is 24.2. The van der Waals surface area contributed by atoms with Crippen LogP contribution in [0.2, 0.25) is 0 Å². The molecule has 1 atom stereocenters.